The van der Waals surface area contributed by atoms with E-state index in [1.165, 1.54) is 24.2 Å². The van der Waals surface area contributed by atoms with E-state index >= 15 is 0 Å². The molecule has 0 unspecified atom stereocenters. The molecule has 0 spiro atoms. The first-order valence-electron chi connectivity index (χ1n) is 8.18. The molecule has 0 saturated carbocycles. The zero-order valence-electron chi connectivity index (χ0n) is 14.8. The van der Waals surface area contributed by atoms with Crippen molar-refractivity contribution in [2.45, 2.75) is 26.0 Å². The second-order valence-corrected chi connectivity index (χ2v) is 6.66. The smallest absolute Gasteiger partial charge is 0.234 e. The highest BCUT2D eigenvalue weighted by Crippen LogP contribution is 2.25. The van der Waals surface area contributed by atoms with Gasteiger partial charge in [0.2, 0.25) is 5.91 Å². The monoisotopic (exact) mass is 357 g/mol. The summed E-state index contributed by atoms with van der Waals surface area (Å²) in [5, 5.41) is 2.89. The molecule has 0 bridgehead atoms. The van der Waals surface area contributed by atoms with Gasteiger partial charge in [-0.25, -0.2) is 0 Å². The van der Waals surface area contributed by atoms with Gasteiger partial charge in [0.05, 0.1) is 12.9 Å². The van der Waals surface area contributed by atoms with Crippen molar-refractivity contribution in [2.75, 3.05) is 18.2 Å². The summed E-state index contributed by atoms with van der Waals surface area (Å²) in [4.78, 5) is 23.6. The number of benzene rings is 2. The number of hydrogen-bond donors (Lipinski definition) is 1. The van der Waals surface area contributed by atoms with E-state index in [9.17, 15) is 9.59 Å². The first-order chi connectivity index (χ1) is 12.0. The van der Waals surface area contributed by atoms with Gasteiger partial charge in [-0.2, -0.15) is 0 Å². The molecule has 2 rings (SSSR count). The Labute approximate surface area is 153 Å². The molecule has 0 fully saturated rings. The van der Waals surface area contributed by atoms with Crippen molar-refractivity contribution >= 4 is 29.1 Å². The number of ketones is 1. The van der Waals surface area contributed by atoms with Gasteiger partial charge in [-0.15, -0.1) is 11.8 Å². The molecule has 0 aliphatic heterocycles. The van der Waals surface area contributed by atoms with Gasteiger partial charge < -0.3 is 10.1 Å². The number of Topliss-reactive ketones (excluding diaryl/α,β-unsaturated/α-hetero) is 1. The first kappa shape index (κ1) is 19.1. The average molecular weight is 357 g/mol. The van der Waals surface area contributed by atoms with E-state index in [2.05, 4.69) is 12.2 Å². The Morgan fingerprint density at radius 3 is 2.44 bits per heavy atom. The summed E-state index contributed by atoms with van der Waals surface area (Å²) < 4.78 is 5.33. The van der Waals surface area contributed by atoms with Crippen molar-refractivity contribution in [1.29, 1.82) is 0 Å². The number of thioether (sulfide) groups is 1. The molecule has 2 aromatic carbocycles. The molecular formula is C20H23NO3S. The normalized spacial score (nSPS) is 10.4. The highest BCUT2D eigenvalue weighted by molar-refractivity contribution is 7.99. The summed E-state index contributed by atoms with van der Waals surface area (Å²) in [5.74, 6) is 1.64. The zero-order valence-corrected chi connectivity index (χ0v) is 15.6. The molecule has 5 heteroatoms. The standard InChI is InChI=1S/C20H23NO3S/c1-4-15-5-8-18(9-6-15)21-20(23)13-25-12-17-11-16(14(2)22)7-10-19(17)24-3/h5-11H,4,12-13H2,1-3H3,(H,21,23). The third-order valence-electron chi connectivity index (χ3n) is 3.82. The molecule has 0 aliphatic carbocycles. The minimum absolute atomic E-state index is 0.0159. The van der Waals surface area contributed by atoms with Crippen LogP contribution in [0.3, 0.4) is 0 Å². The van der Waals surface area contributed by atoms with Crippen LogP contribution in [0.15, 0.2) is 42.5 Å². The summed E-state index contributed by atoms with van der Waals surface area (Å²) in [6, 6.07) is 13.2. The maximum Gasteiger partial charge on any atom is 0.234 e. The van der Waals surface area contributed by atoms with E-state index in [1.54, 1.807) is 19.2 Å². The molecule has 25 heavy (non-hydrogen) atoms. The number of amides is 1. The lowest BCUT2D eigenvalue weighted by Crippen LogP contribution is -2.14. The number of hydrogen-bond acceptors (Lipinski definition) is 4. The fourth-order valence-corrected chi connectivity index (χ4v) is 3.19. The van der Waals surface area contributed by atoms with Gasteiger partial charge in [0.25, 0.3) is 0 Å². The molecule has 0 radical (unpaired) electrons. The molecule has 1 amide bonds. The van der Waals surface area contributed by atoms with Gasteiger partial charge in [0.15, 0.2) is 5.78 Å². The van der Waals surface area contributed by atoms with Crippen molar-refractivity contribution < 1.29 is 14.3 Å². The molecular weight excluding hydrogens is 334 g/mol. The van der Waals surface area contributed by atoms with Crippen LogP contribution in [-0.2, 0) is 17.0 Å². The molecule has 4 nitrogen and oxygen atoms in total. The van der Waals surface area contributed by atoms with Crippen LogP contribution in [-0.4, -0.2) is 24.6 Å². The van der Waals surface area contributed by atoms with Gasteiger partial charge in [-0.1, -0.05) is 19.1 Å². The third kappa shape index (κ3) is 5.64. The van der Waals surface area contributed by atoms with Crippen LogP contribution in [0.25, 0.3) is 0 Å². The zero-order chi connectivity index (χ0) is 18.2. The largest absolute Gasteiger partial charge is 0.496 e. The Kier molecular flexibility index (Phi) is 7.07. The van der Waals surface area contributed by atoms with Crippen LogP contribution in [0.2, 0.25) is 0 Å². The highest BCUT2D eigenvalue weighted by Gasteiger charge is 2.09. The maximum absolute atomic E-state index is 12.1. The van der Waals surface area contributed by atoms with Crippen LogP contribution in [0.4, 0.5) is 5.69 Å². The van der Waals surface area contributed by atoms with Crippen LogP contribution in [0.5, 0.6) is 5.75 Å². The second kappa shape index (κ2) is 9.28. The molecule has 0 saturated heterocycles. The number of aryl methyl sites for hydroxylation is 1. The Balaban J connectivity index is 1.89. The topological polar surface area (TPSA) is 55.4 Å². The number of methoxy groups -OCH3 is 1. The molecule has 0 heterocycles. The lowest BCUT2D eigenvalue weighted by Gasteiger charge is -2.10. The number of nitrogens with one attached hydrogen (secondary N) is 1. The van der Waals surface area contributed by atoms with E-state index < -0.39 is 0 Å². The quantitative estimate of drug-likeness (QED) is 0.714. The molecule has 0 aromatic heterocycles. The van der Waals surface area contributed by atoms with Crippen LogP contribution in [0, 0.1) is 0 Å². The van der Waals surface area contributed by atoms with Crippen molar-refractivity contribution in [3.63, 3.8) is 0 Å². The summed E-state index contributed by atoms with van der Waals surface area (Å²) in [7, 11) is 1.60. The summed E-state index contributed by atoms with van der Waals surface area (Å²) in [6.45, 7) is 3.63. The molecule has 1 N–H and O–H groups in total. The Morgan fingerprint density at radius 2 is 1.84 bits per heavy atom. The van der Waals surface area contributed by atoms with Gasteiger partial charge in [0.1, 0.15) is 5.75 Å². The Morgan fingerprint density at radius 1 is 1.12 bits per heavy atom. The molecule has 132 valence electrons. The Bertz CT molecular complexity index is 741. The van der Waals surface area contributed by atoms with Gasteiger partial charge in [-0.05, 0) is 49.2 Å². The summed E-state index contributed by atoms with van der Waals surface area (Å²) >= 11 is 1.49. The van der Waals surface area contributed by atoms with Crippen LogP contribution in [0.1, 0.15) is 35.3 Å². The number of ether oxygens (including phenoxy) is 1. The Hall–Kier alpha value is -2.27. The molecule has 0 aliphatic rings. The highest BCUT2D eigenvalue weighted by atomic mass is 32.2. The maximum atomic E-state index is 12.1. The van der Waals surface area contributed by atoms with Gasteiger partial charge in [-0.3, -0.25) is 9.59 Å². The average Bonchev–Trinajstić information content (AvgIpc) is 2.62. The van der Waals surface area contributed by atoms with Gasteiger partial charge >= 0.3 is 0 Å². The van der Waals surface area contributed by atoms with Crippen molar-refractivity contribution in [3.05, 3.63) is 59.2 Å². The SMILES string of the molecule is CCc1ccc(NC(=O)CSCc2cc(C(C)=O)ccc2OC)cc1. The van der Waals surface area contributed by atoms with E-state index in [0.29, 0.717) is 17.1 Å². The fraction of sp³-hybridized carbons (Fsp3) is 0.300. The summed E-state index contributed by atoms with van der Waals surface area (Å²) in [5.41, 5.74) is 3.61. The predicted octanol–water partition coefficient (Wildman–Crippen LogP) is 4.33. The van der Waals surface area contributed by atoms with Crippen molar-refractivity contribution in [3.8, 4) is 5.75 Å². The van der Waals surface area contributed by atoms with E-state index in [-0.39, 0.29) is 11.7 Å². The van der Waals surface area contributed by atoms with Crippen LogP contribution >= 0.6 is 11.8 Å². The minimum atomic E-state index is -0.0454. The van der Waals surface area contributed by atoms with Crippen molar-refractivity contribution in [1.82, 2.24) is 0 Å². The number of carbonyl (C=O) groups is 2. The van der Waals surface area contributed by atoms with E-state index in [4.69, 9.17) is 4.74 Å². The predicted molar refractivity (Wildman–Crippen MR) is 104 cm³/mol. The first-order valence-corrected chi connectivity index (χ1v) is 9.33. The summed E-state index contributed by atoms with van der Waals surface area (Å²) in [6.07, 6.45) is 0.977. The lowest BCUT2D eigenvalue weighted by molar-refractivity contribution is -0.113. The van der Waals surface area contributed by atoms with Crippen molar-refractivity contribution in [2.24, 2.45) is 0 Å². The second-order valence-electron chi connectivity index (χ2n) is 5.67. The third-order valence-corrected chi connectivity index (χ3v) is 4.81. The number of rotatable bonds is 8. The van der Waals surface area contributed by atoms with E-state index in [0.717, 1.165) is 23.4 Å². The molecule has 2 aromatic rings. The minimum Gasteiger partial charge on any atom is -0.496 e. The lowest BCUT2D eigenvalue weighted by atomic mass is 10.1. The number of anilines is 1. The molecule has 0 atom stereocenters. The van der Waals surface area contributed by atoms with Gasteiger partial charge in [0, 0.05) is 22.6 Å². The number of carbonyl (C=O) groups excluding carboxylic acids is 2. The van der Waals surface area contributed by atoms with E-state index in [1.807, 2.05) is 30.3 Å². The van der Waals surface area contributed by atoms with Crippen LogP contribution < -0.4 is 10.1 Å². The fourth-order valence-electron chi connectivity index (χ4n) is 2.38.